The molecule has 0 spiro atoms. The summed E-state index contributed by atoms with van der Waals surface area (Å²) in [6, 6.07) is 2.91. The molecule has 23 heavy (non-hydrogen) atoms. The molecule has 0 aliphatic rings. The fraction of sp³-hybridized carbons (Fsp3) is 0.267. The summed E-state index contributed by atoms with van der Waals surface area (Å²) in [4.78, 5) is 12.0. The maximum Gasteiger partial charge on any atom is 0.433 e. The van der Waals surface area contributed by atoms with Gasteiger partial charge in [0.1, 0.15) is 17.3 Å². The van der Waals surface area contributed by atoms with Crippen LogP contribution < -0.4 is 0 Å². The summed E-state index contributed by atoms with van der Waals surface area (Å²) in [5.41, 5.74) is 0.399. The van der Waals surface area contributed by atoms with Crippen molar-refractivity contribution in [3.05, 3.63) is 52.5 Å². The molecule has 0 saturated heterocycles. The van der Waals surface area contributed by atoms with Gasteiger partial charge in [0.15, 0.2) is 0 Å². The molecule has 0 radical (unpaired) electrons. The van der Waals surface area contributed by atoms with Crippen LogP contribution in [0.5, 0.6) is 0 Å². The Hall–Kier alpha value is -2.22. The highest BCUT2D eigenvalue weighted by Gasteiger charge is 2.33. The molecule has 3 aromatic rings. The Bertz CT molecular complexity index is 793. The average Bonchev–Trinajstić information content (AvgIpc) is 3.14. The van der Waals surface area contributed by atoms with Gasteiger partial charge in [-0.05, 0) is 24.4 Å². The molecule has 3 rings (SSSR count). The molecule has 0 saturated carbocycles. The quantitative estimate of drug-likeness (QED) is 0.723. The van der Waals surface area contributed by atoms with Crippen LogP contribution in [0, 0.1) is 6.92 Å². The molecule has 0 bridgehead atoms. The van der Waals surface area contributed by atoms with E-state index in [1.807, 2.05) is 21.4 Å². The molecule has 0 atom stereocenters. The Morgan fingerprint density at radius 1 is 1.26 bits per heavy atom. The molecule has 3 aromatic heterocycles. The van der Waals surface area contributed by atoms with Gasteiger partial charge >= 0.3 is 6.18 Å². The van der Waals surface area contributed by atoms with Crippen molar-refractivity contribution in [1.29, 1.82) is 0 Å². The van der Waals surface area contributed by atoms with Crippen LogP contribution in [0.3, 0.4) is 0 Å². The van der Waals surface area contributed by atoms with Crippen molar-refractivity contribution in [3.63, 3.8) is 0 Å². The fourth-order valence-electron chi connectivity index (χ4n) is 2.25. The summed E-state index contributed by atoms with van der Waals surface area (Å²) in [5, 5.41) is 3.93. The van der Waals surface area contributed by atoms with Crippen LogP contribution in [-0.4, -0.2) is 19.5 Å². The van der Waals surface area contributed by atoms with Crippen LogP contribution in [0.25, 0.3) is 11.4 Å². The highest BCUT2D eigenvalue weighted by Crippen LogP contribution is 2.28. The third-order valence-electron chi connectivity index (χ3n) is 3.26. The first kappa shape index (κ1) is 15.7. The fourth-order valence-corrected chi connectivity index (χ4v) is 2.88. The van der Waals surface area contributed by atoms with Crippen molar-refractivity contribution >= 4 is 11.3 Å². The maximum atomic E-state index is 12.8. The zero-order valence-corrected chi connectivity index (χ0v) is 13.0. The number of halogens is 3. The first-order valence-corrected chi connectivity index (χ1v) is 7.83. The van der Waals surface area contributed by atoms with E-state index in [4.69, 9.17) is 0 Å². The van der Waals surface area contributed by atoms with E-state index in [-0.39, 0.29) is 5.82 Å². The van der Waals surface area contributed by atoms with Gasteiger partial charge in [-0.15, -0.1) is 0 Å². The molecular formula is C15H13F3N4S. The lowest BCUT2D eigenvalue weighted by Crippen LogP contribution is -2.13. The summed E-state index contributed by atoms with van der Waals surface area (Å²) < 4.78 is 40.3. The molecule has 4 nitrogen and oxygen atoms in total. The zero-order chi connectivity index (χ0) is 16.4. The van der Waals surface area contributed by atoms with E-state index in [2.05, 4.69) is 15.0 Å². The van der Waals surface area contributed by atoms with Gasteiger partial charge in [0.05, 0.1) is 0 Å². The summed E-state index contributed by atoms with van der Waals surface area (Å²) in [6.07, 6.45) is -0.684. The molecule has 120 valence electrons. The number of aromatic nitrogens is 4. The first-order valence-electron chi connectivity index (χ1n) is 6.89. The zero-order valence-electron chi connectivity index (χ0n) is 12.2. The molecule has 0 aliphatic heterocycles. The Morgan fingerprint density at radius 2 is 2.09 bits per heavy atom. The van der Waals surface area contributed by atoms with Crippen LogP contribution in [0.2, 0.25) is 0 Å². The summed E-state index contributed by atoms with van der Waals surface area (Å²) in [5.74, 6) is 0.970. The highest BCUT2D eigenvalue weighted by atomic mass is 32.1. The Morgan fingerprint density at radius 3 is 2.78 bits per heavy atom. The molecule has 0 unspecified atom stereocenters. The van der Waals surface area contributed by atoms with Crippen molar-refractivity contribution in [1.82, 2.24) is 19.5 Å². The molecule has 3 heterocycles. The summed E-state index contributed by atoms with van der Waals surface area (Å²) in [6.45, 7) is 2.00. The van der Waals surface area contributed by atoms with E-state index in [0.717, 1.165) is 17.5 Å². The monoisotopic (exact) mass is 338 g/mol. The van der Waals surface area contributed by atoms with Crippen molar-refractivity contribution < 1.29 is 13.2 Å². The van der Waals surface area contributed by atoms with Gasteiger partial charge < -0.3 is 4.57 Å². The second-order valence-electron chi connectivity index (χ2n) is 5.01. The predicted molar refractivity (Wildman–Crippen MR) is 81.0 cm³/mol. The first-order chi connectivity index (χ1) is 10.9. The Labute approximate surface area is 134 Å². The third-order valence-corrected chi connectivity index (χ3v) is 3.95. The molecule has 0 fully saturated rings. The Balaban J connectivity index is 1.80. The van der Waals surface area contributed by atoms with Crippen molar-refractivity contribution in [2.24, 2.45) is 0 Å². The molecule has 8 heteroatoms. The minimum atomic E-state index is -4.46. The lowest BCUT2D eigenvalue weighted by Gasteiger charge is -2.10. The number of nitrogens with zero attached hydrogens (tertiary/aromatic N) is 4. The second kappa shape index (κ2) is 6.11. The van der Waals surface area contributed by atoms with Gasteiger partial charge in [-0.25, -0.2) is 15.0 Å². The summed E-state index contributed by atoms with van der Waals surface area (Å²) >= 11 is 1.56. The van der Waals surface area contributed by atoms with E-state index >= 15 is 0 Å². The normalized spacial score (nSPS) is 11.8. The van der Waals surface area contributed by atoms with Gasteiger partial charge in [-0.3, -0.25) is 0 Å². The van der Waals surface area contributed by atoms with Gasteiger partial charge in [0.2, 0.25) is 0 Å². The number of alkyl halides is 3. The van der Waals surface area contributed by atoms with E-state index in [1.165, 1.54) is 6.92 Å². The third kappa shape index (κ3) is 3.58. The van der Waals surface area contributed by atoms with Crippen molar-refractivity contribution in [2.75, 3.05) is 0 Å². The minimum Gasteiger partial charge on any atom is -0.331 e. The number of rotatable bonds is 4. The molecule has 0 aliphatic carbocycles. The Kier molecular flexibility index (Phi) is 4.16. The van der Waals surface area contributed by atoms with Crippen LogP contribution in [0.1, 0.15) is 17.2 Å². The predicted octanol–water partition coefficient (Wildman–Crippen LogP) is 3.97. The number of hydrogen-bond donors (Lipinski definition) is 0. The van der Waals surface area contributed by atoms with Gasteiger partial charge in [-0.2, -0.15) is 24.5 Å². The van der Waals surface area contributed by atoms with Gasteiger partial charge in [0.25, 0.3) is 0 Å². The SMILES string of the molecule is Cc1cc(C(F)(F)F)nc(CCn2ccnc2-c2ccsc2)n1. The molecule has 0 amide bonds. The second-order valence-corrected chi connectivity index (χ2v) is 5.79. The lowest BCUT2D eigenvalue weighted by atomic mass is 10.3. The van der Waals surface area contributed by atoms with Gasteiger partial charge in [-0.1, -0.05) is 0 Å². The number of aryl methyl sites for hydroxylation is 3. The van der Waals surface area contributed by atoms with E-state index in [0.29, 0.717) is 18.7 Å². The van der Waals surface area contributed by atoms with Crippen LogP contribution >= 0.6 is 11.3 Å². The minimum absolute atomic E-state index is 0.183. The average molecular weight is 338 g/mol. The largest absolute Gasteiger partial charge is 0.433 e. The lowest BCUT2D eigenvalue weighted by molar-refractivity contribution is -0.141. The summed E-state index contributed by atoms with van der Waals surface area (Å²) in [7, 11) is 0. The number of hydrogen-bond acceptors (Lipinski definition) is 4. The number of imidazole rings is 1. The van der Waals surface area contributed by atoms with Crippen molar-refractivity contribution in [2.45, 2.75) is 26.1 Å². The van der Waals surface area contributed by atoms with Crippen LogP contribution in [-0.2, 0) is 19.1 Å². The molecular weight excluding hydrogens is 325 g/mol. The smallest absolute Gasteiger partial charge is 0.331 e. The maximum absolute atomic E-state index is 12.8. The van der Waals surface area contributed by atoms with E-state index < -0.39 is 11.9 Å². The topological polar surface area (TPSA) is 43.6 Å². The van der Waals surface area contributed by atoms with E-state index in [1.54, 1.807) is 23.7 Å². The van der Waals surface area contributed by atoms with Crippen LogP contribution in [0.4, 0.5) is 13.2 Å². The standard InChI is InChI=1S/C15H13F3N4S/c1-10-8-12(15(16,17)18)21-13(20-10)2-5-22-6-4-19-14(22)11-3-7-23-9-11/h3-4,6-9H,2,5H2,1H3. The van der Waals surface area contributed by atoms with Crippen LogP contribution in [0.15, 0.2) is 35.3 Å². The number of thiophene rings is 1. The molecule has 0 aromatic carbocycles. The van der Waals surface area contributed by atoms with E-state index in [9.17, 15) is 13.2 Å². The molecule has 0 N–H and O–H groups in total. The van der Waals surface area contributed by atoms with Crippen molar-refractivity contribution in [3.8, 4) is 11.4 Å². The highest BCUT2D eigenvalue weighted by molar-refractivity contribution is 7.08. The van der Waals surface area contributed by atoms with Gasteiger partial charge in [0, 0.05) is 42.0 Å².